The van der Waals surface area contributed by atoms with Crippen LogP contribution in [0, 0.1) is 13.8 Å². The van der Waals surface area contributed by atoms with E-state index in [1.54, 1.807) is 6.07 Å². The highest BCUT2D eigenvalue weighted by Crippen LogP contribution is 2.26. The molecule has 0 aliphatic rings. The SMILES string of the molecule is CCC(C)n1c(-c2ccc(C)cc2C)ccc(CO)c1=O. The number of aliphatic hydroxyl groups excluding tert-OH is 1. The lowest BCUT2D eigenvalue weighted by Gasteiger charge is -2.21. The number of aliphatic hydroxyl groups is 1. The summed E-state index contributed by atoms with van der Waals surface area (Å²) in [5.41, 5.74) is 4.71. The third-order valence-electron chi connectivity index (χ3n) is 4.06. The second-order valence-electron chi connectivity index (χ2n) is 5.65. The van der Waals surface area contributed by atoms with E-state index >= 15 is 0 Å². The van der Waals surface area contributed by atoms with E-state index in [0.717, 1.165) is 23.2 Å². The molecule has 3 nitrogen and oxygen atoms in total. The molecule has 2 rings (SSSR count). The first kappa shape index (κ1) is 15.5. The lowest BCUT2D eigenvalue weighted by Crippen LogP contribution is -2.27. The van der Waals surface area contributed by atoms with Crippen LogP contribution in [0.15, 0.2) is 35.1 Å². The van der Waals surface area contributed by atoms with Gasteiger partial charge in [0.25, 0.3) is 5.56 Å². The van der Waals surface area contributed by atoms with Crippen LogP contribution in [0.3, 0.4) is 0 Å². The normalized spacial score (nSPS) is 12.4. The lowest BCUT2D eigenvalue weighted by molar-refractivity contribution is 0.278. The molecule has 0 fully saturated rings. The fourth-order valence-corrected chi connectivity index (χ4v) is 2.66. The molecule has 0 aliphatic carbocycles. The predicted molar refractivity (Wildman–Crippen MR) is 86.5 cm³/mol. The number of hydrogen-bond acceptors (Lipinski definition) is 2. The molecule has 3 heteroatoms. The maximum Gasteiger partial charge on any atom is 0.256 e. The van der Waals surface area contributed by atoms with Gasteiger partial charge in [-0.15, -0.1) is 0 Å². The van der Waals surface area contributed by atoms with Crippen molar-refractivity contribution < 1.29 is 5.11 Å². The molecule has 1 atom stereocenters. The highest BCUT2D eigenvalue weighted by Gasteiger charge is 2.15. The number of aryl methyl sites for hydroxylation is 2. The van der Waals surface area contributed by atoms with Crippen LogP contribution in [-0.2, 0) is 6.61 Å². The fraction of sp³-hybridized carbons (Fsp3) is 0.389. The molecule has 112 valence electrons. The maximum absolute atomic E-state index is 12.6. The standard InChI is InChI=1S/C18H23NO2/c1-5-14(4)19-17(9-7-15(11-20)18(19)21)16-8-6-12(2)10-13(16)3/h6-10,14,20H,5,11H2,1-4H3. The topological polar surface area (TPSA) is 42.2 Å². The Kier molecular flexibility index (Phi) is 4.63. The molecule has 0 bridgehead atoms. The first-order chi connectivity index (χ1) is 9.99. The van der Waals surface area contributed by atoms with E-state index in [2.05, 4.69) is 39.0 Å². The van der Waals surface area contributed by atoms with Crippen molar-refractivity contribution >= 4 is 0 Å². The Balaban J connectivity index is 2.74. The van der Waals surface area contributed by atoms with Gasteiger partial charge in [-0.05, 0) is 44.9 Å². The summed E-state index contributed by atoms with van der Waals surface area (Å²) in [6.45, 7) is 8.01. The van der Waals surface area contributed by atoms with Gasteiger partial charge in [0, 0.05) is 17.2 Å². The number of pyridine rings is 1. The van der Waals surface area contributed by atoms with Crippen LogP contribution in [0.1, 0.15) is 43.0 Å². The van der Waals surface area contributed by atoms with Crippen molar-refractivity contribution in [3.05, 3.63) is 57.4 Å². The Morgan fingerprint density at radius 2 is 1.90 bits per heavy atom. The van der Waals surface area contributed by atoms with Crippen LogP contribution in [0.5, 0.6) is 0 Å². The molecular formula is C18H23NO2. The summed E-state index contributed by atoms with van der Waals surface area (Å²) in [7, 11) is 0. The van der Waals surface area contributed by atoms with E-state index in [9.17, 15) is 9.90 Å². The van der Waals surface area contributed by atoms with Gasteiger partial charge in [0.2, 0.25) is 0 Å². The molecule has 2 aromatic rings. The van der Waals surface area contributed by atoms with Crippen molar-refractivity contribution in [3.8, 4) is 11.3 Å². The van der Waals surface area contributed by atoms with Gasteiger partial charge in [-0.1, -0.05) is 30.7 Å². The van der Waals surface area contributed by atoms with Crippen molar-refractivity contribution in [1.29, 1.82) is 0 Å². The Bertz CT molecular complexity index is 701. The Hall–Kier alpha value is -1.87. The van der Waals surface area contributed by atoms with Crippen molar-refractivity contribution in [2.45, 2.75) is 46.8 Å². The molecule has 1 aromatic heterocycles. The first-order valence-corrected chi connectivity index (χ1v) is 7.42. The zero-order chi connectivity index (χ0) is 15.6. The van der Waals surface area contributed by atoms with E-state index in [1.807, 2.05) is 17.6 Å². The van der Waals surface area contributed by atoms with Crippen molar-refractivity contribution in [1.82, 2.24) is 4.57 Å². The minimum atomic E-state index is -0.220. The molecule has 0 saturated carbocycles. The van der Waals surface area contributed by atoms with Crippen molar-refractivity contribution in [2.24, 2.45) is 0 Å². The van der Waals surface area contributed by atoms with Gasteiger partial charge >= 0.3 is 0 Å². The fourth-order valence-electron chi connectivity index (χ4n) is 2.66. The number of hydrogen-bond donors (Lipinski definition) is 1. The van der Waals surface area contributed by atoms with E-state index in [-0.39, 0.29) is 18.2 Å². The quantitative estimate of drug-likeness (QED) is 0.932. The summed E-state index contributed by atoms with van der Waals surface area (Å²) < 4.78 is 1.81. The predicted octanol–water partition coefficient (Wildman–Crippen LogP) is 3.60. The minimum absolute atomic E-state index is 0.0932. The van der Waals surface area contributed by atoms with Gasteiger partial charge in [-0.2, -0.15) is 0 Å². The van der Waals surface area contributed by atoms with Gasteiger partial charge in [0.05, 0.1) is 12.3 Å². The summed E-state index contributed by atoms with van der Waals surface area (Å²) in [5.74, 6) is 0. The van der Waals surface area contributed by atoms with Gasteiger partial charge in [0.15, 0.2) is 0 Å². The molecule has 0 radical (unpaired) electrons. The molecule has 1 N–H and O–H groups in total. The molecule has 1 unspecified atom stereocenters. The van der Waals surface area contributed by atoms with Crippen LogP contribution in [0.25, 0.3) is 11.3 Å². The smallest absolute Gasteiger partial charge is 0.256 e. The van der Waals surface area contributed by atoms with Gasteiger partial charge < -0.3 is 9.67 Å². The largest absolute Gasteiger partial charge is 0.391 e. The Morgan fingerprint density at radius 1 is 1.19 bits per heavy atom. The highest BCUT2D eigenvalue weighted by molar-refractivity contribution is 5.64. The molecule has 1 aromatic carbocycles. The number of aromatic nitrogens is 1. The Labute approximate surface area is 125 Å². The van der Waals surface area contributed by atoms with Crippen LogP contribution >= 0.6 is 0 Å². The van der Waals surface area contributed by atoms with Crippen LogP contribution in [0.4, 0.5) is 0 Å². The summed E-state index contributed by atoms with van der Waals surface area (Å²) >= 11 is 0. The lowest BCUT2D eigenvalue weighted by atomic mass is 10.0. The highest BCUT2D eigenvalue weighted by atomic mass is 16.3. The summed E-state index contributed by atoms with van der Waals surface area (Å²) in [6, 6.07) is 10.0. The van der Waals surface area contributed by atoms with Gasteiger partial charge in [0.1, 0.15) is 0 Å². The average molecular weight is 285 g/mol. The van der Waals surface area contributed by atoms with E-state index < -0.39 is 0 Å². The van der Waals surface area contributed by atoms with Crippen molar-refractivity contribution in [2.75, 3.05) is 0 Å². The monoisotopic (exact) mass is 285 g/mol. The van der Waals surface area contributed by atoms with Crippen LogP contribution in [-0.4, -0.2) is 9.67 Å². The van der Waals surface area contributed by atoms with Crippen LogP contribution in [0.2, 0.25) is 0 Å². The Morgan fingerprint density at radius 3 is 2.48 bits per heavy atom. The van der Waals surface area contributed by atoms with Crippen molar-refractivity contribution in [3.63, 3.8) is 0 Å². The van der Waals surface area contributed by atoms with Gasteiger partial charge in [-0.3, -0.25) is 4.79 Å². The third-order valence-corrected chi connectivity index (χ3v) is 4.06. The summed E-state index contributed by atoms with van der Waals surface area (Å²) in [5, 5.41) is 9.34. The second kappa shape index (κ2) is 6.27. The number of benzene rings is 1. The minimum Gasteiger partial charge on any atom is -0.391 e. The maximum atomic E-state index is 12.6. The zero-order valence-electron chi connectivity index (χ0n) is 13.2. The molecule has 0 spiro atoms. The van der Waals surface area contributed by atoms with E-state index in [1.165, 1.54) is 5.56 Å². The molecule has 1 heterocycles. The first-order valence-electron chi connectivity index (χ1n) is 7.42. The molecule has 0 amide bonds. The molecule has 0 aliphatic heterocycles. The number of rotatable bonds is 4. The molecule has 21 heavy (non-hydrogen) atoms. The summed E-state index contributed by atoms with van der Waals surface area (Å²) in [4.78, 5) is 12.6. The average Bonchev–Trinajstić information content (AvgIpc) is 2.46. The zero-order valence-corrected chi connectivity index (χ0v) is 13.2. The second-order valence-corrected chi connectivity index (χ2v) is 5.65. The molecule has 0 saturated heterocycles. The molecular weight excluding hydrogens is 262 g/mol. The third kappa shape index (κ3) is 2.93. The van der Waals surface area contributed by atoms with Crippen LogP contribution < -0.4 is 5.56 Å². The number of nitrogens with zero attached hydrogens (tertiary/aromatic N) is 1. The van der Waals surface area contributed by atoms with Gasteiger partial charge in [-0.25, -0.2) is 0 Å². The summed E-state index contributed by atoms with van der Waals surface area (Å²) in [6.07, 6.45) is 0.868. The van der Waals surface area contributed by atoms with E-state index in [0.29, 0.717) is 5.56 Å². The van der Waals surface area contributed by atoms with E-state index in [4.69, 9.17) is 0 Å².